The van der Waals surface area contributed by atoms with E-state index in [1.807, 2.05) is 17.0 Å². The second-order valence-corrected chi connectivity index (χ2v) is 7.60. The molecule has 1 aliphatic heterocycles. The number of likely N-dealkylation sites (tertiary alicyclic amines) is 1. The minimum Gasteiger partial charge on any atom is -0.342 e. The fourth-order valence-corrected chi connectivity index (χ4v) is 3.97. The summed E-state index contributed by atoms with van der Waals surface area (Å²) in [5.74, 6) is 0.0666. The number of carbonyl (C=O) groups excluding carboxylic acids is 3. The summed E-state index contributed by atoms with van der Waals surface area (Å²) in [6.07, 6.45) is 2.13. The third-order valence-corrected chi connectivity index (χ3v) is 5.46. The average Bonchev–Trinajstić information content (AvgIpc) is 3.22. The maximum absolute atomic E-state index is 12.7. The Hall–Kier alpha value is -2.80. The Morgan fingerprint density at radius 3 is 2.18 bits per heavy atom. The zero-order valence-corrected chi connectivity index (χ0v) is 16.6. The summed E-state index contributed by atoms with van der Waals surface area (Å²) in [6, 6.07) is 14.2. The van der Waals surface area contributed by atoms with Gasteiger partial charge in [0.25, 0.3) is 5.91 Å². The summed E-state index contributed by atoms with van der Waals surface area (Å²) in [7, 11) is 0. The van der Waals surface area contributed by atoms with E-state index in [9.17, 15) is 14.4 Å². The Kier molecular flexibility index (Phi) is 6.71. The van der Waals surface area contributed by atoms with Gasteiger partial charge in [-0.1, -0.05) is 12.1 Å². The van der Waals surface area contributed by atoms with E-state index in [0.29, 0.717) is 22.7 Å². The summed E-state index contributed by atoms with van der Waals surface area (Å²) >= 11 is 1.39. The zero-order valence-electron chi connectivity index (χ0n) is 15.7. The molecule has 0 atom stereocenters. The van der Waals surface area contributed by atoms with Crippen LogP contribution in [0, 0.1) is 0 Å². The van der Waals surface area contributed by atoms with Crippen LogP contribution in [0.2, 0.25) is 0 Å². The molecule has 0 radical (unpaired) electrons. The van der Waals surface area contributed by atoms with Crippen LogP contribution >= 0.6 is 11.8 Å². The molecule has 3 amide bonds. The Morgan fingerprint density at radius 1 is 0.929 bits per heavy atom. The molecule has 7 heteroatoms. The third-order valence-electron chi connectivity index (χ3n) is 4.40. The van der Waals surface area contributed by atoms with Crippen LogP contribution in [-0.2, 0) is 9.59 Å². The van der Waals surface area contributed by atoms with Gasteiger partial charge in [-0.25, -0.2) is 0 Å². The molecular weight excluding hydrogens is 374 g/mol. The van der Waals surface area contributed by atoms with Crippen molar-refractivity contribution in [2.45, 2.75) is 24.7 Å². The number of carbonyl (C=O) groups is 3. The zero-order chi connectivity index (χ0) is 19.9. The monoisotopic (exact) mass is 397 g/mol. The highest BCUT2D eigenvalue weighted by molar-refractivity contribution is 8.00. The van der Waals surface area contributed by atoms with E-state index in [4.69, 9.17) is 0 Å². The number of anilines is 2. The molecule has 0 aliphatic carbocycles. The van der Waals surface area contributed by atoms with Crippen LogP contribution in [0.3, 0.4) is 0 Å². The molecule has 0 saturated carbocycles. The smallest absolute Gasteiger partial charge is 0.256 e. The molecule has 1 saturated heterocycles. The van der Waals surface area contributed by atoms with Crippen molar-refractivity contribution in [3.63, 3.8) is 0 Å². The topological polar surface area (TPSA) is 78.5 Å². The lowest BCUT2D eigenvalue weighted by Crippen LogP contribution is -2.29. The van der Waals surface area contributed by atoms with Gasteiger partial charge in [0.05, 0.1) is 11.3 Å². The van der Waals surface area contributed by atoms with Gasteiger partial charge in [0.2, 0.25) is 11.8 Å². The molecule has 3 rings (SSSR count). The van der Waals surface area contributed by atoms with Crippen molar-refractivity contribution in [3.05, 3.63) is 54.1 Å². The van der Waals surface area contributed by atoms with Crippen molar-refractivity contribution in [3.8, 4) is 0 Å². The molecule has 6 nitrogen and oxygen atoms in total. The summed E-state index contributed by atoms with van der Waals surface area (Å²) < 4.78 is 0. The first-order valence-electron chi connectivity index (χ1n) is 9.21. The molecule has 2 N–H and O–H groups in total. The van der Waals surface area contributed by atoms with E-state index in [0.717, 1.165) is 30.8 Å². The summed E-state index contributed by atoms with van der Waals surface area (Å²) in [6.45, 7) is 3.10. The first kappa shape index (κ1) is 19.9. The van der Waals surface area contributed by atoms with E-state index in [1.165, 1.54) is 18.7 Å². The molecule has 0 spiro atoms. The van der Waals surface area contributed by atoms with E-state index in [1.54, 1.807) is 36.4 Å². The van der Waals surface area contributed by atoms with Gasteiger partial charge in [0.1, 0.15) is 0 Å². The Balaban J connectivity index is 1.63. The fraction of sp³-hybridized carbons (Fsp3) is 0.286. The van der Waals surface area contributed by atoms with E-state index < -0.39 is 0 Å². The van der Waals surface area contributed by atoms with Gasteiger partial charge in [-0.2, -0.15) is 0 Å². The van der Waals surface area contributed by atoms with Crippen LogP contribution in [0.4, 0.5) is 11.4 Å². The third kappa shape index (κ3) is 5.36. The second-order valence-electron chi connectivity index (χ2n) is 6.59. The number of hydrogen-bond acceptors (Lipinski definition) is 4. The summed E-state index contributed by atoms with van der Waals surface area (Å²) in [5, 5.41) is 5.55. The van der Waals surface area contributed by atoms with Gasteiger partial charge in [0.15, 0.2) is 0 Å². The average molecular weight is 398 g/mol. The lowest BCUT2D eigenvalue weighted by atomic mass is 10.2. The quantitative estimate of drug-likeness (QED) is 0.730. The number of nitrogens with one attached hydrogen (secondary N) is 2. The van der Waals surface area contributed by atoms with Gasteiger partial charge in [0, 0.05) is 36.3 Å². The maximum Gasteiger partial charge on any atom is 0.256 e. The number of rotatable bonds is 6. The normalized spacial score (nSPS) is 13.2. The Bertz CT molecular complexity index is 861. The number of amides is 3. The molecule has 1 fully saturated rings. The summed E-state index contributed by atoms with van der Waals surface area (Å²) in [5.41, 5.74) is 1.83. The predicted molar refractivity (Wildman–Crippen MR) is 112 cm³/mol. The van der Waals surface area contributed by atoms with Crippen LogP contribution in [0.15, 0.2) is 53.4 Å². The van der Waals surface area contributed by atoms with Gasteiger partial charge < -0.3 is 15.5 Å². The highest BCUT2D eigenvalue weighted by Crippen LogP contribution is 2.25. The molecule has 0 aromatic heterocycles. The second kappa shape index (κ2) is 9.41. The molecule has 1 heterocycles. The predicted octanol–water partition coefficient (Wildman–Crippen LogP) is 3.61. The highest BCUT2D eigenvalue weighted by Gasteiger charge is 2.19. The lowest BCUT2D eigenvalue weighted by molar-refractivity contribution is -0.127. The van der Waals surface area contributed by atoms with Crippen molar-refractivity contribution >= 4 is 40.9 Å². The van der Waals surface area contributed by atoms with Crippen molar-refractivity contribution in [1.29, 1.82) is 0 Å². The van der Waals surface area contributed by atoms with Gasteiger partial charge in [-0.05, 0) is 49.2 Å². The molecule has 0 bridgehead atoms. The minimum atomic E-state index is -0.232. The standard InChI is InChI=1S/C21H23N3O3S/c1-15(25)22-16-8-10-17(11-9-16)23-21(27)18-6-2-3-7-19(18)28-14-20(26)24-12-4-5-13-24/h2-3,6-11H,4-5,12-14H2,1H3,(H,22,25)(H,23,27). The first-order chi connectivity index (χ1) is 13.5. The number of benzene rings is 2. The van der Waals surface area contributed by atoms with Gasteiger partial charge in [-0.3, -0.25) is 14.4 Å². The largest absolute Gasteiger partial charge is 0.342 e. The molecule has 1 aliphatic rings. The lowest BCUT2D eigenvalue weighted by Gasteiger charge is -2.15. The van der Waals surface area contributed by atoms with Crippen molar-refractivity contribution in [2.75, 3.05) is 29.5 Å². The van der Waals surface area contributed by atoms with Crippen LogP contribution in [-0.4, -0.2) is 41.5 Å². The van der Waals surface area contributed by atoms with Gasteiger partial charge in [-0.15, -0.1) is 11.8 Å². The van der Waals surface area contributed by atoms with Crippen molar-refractivity contribution in [1.82, 2.24) is 4.90 Å². The highest BCUT2D eigenvalue weighted by atomic mass is 32.2. The van der Waals surface area contributed by atoms with E-state index in [-0.39, 0.29) is 17.7 Å². The van der Waals surface area contributed by atoms with Gasteiger partial charge >= 0.3 is 0 Å². The molecule has 2 aromatic rings. The molecule has 146 valence electrons. The van der Waals surface area contributed by atoms with Crippen LogP contribution < -0.4 is 10.6 Å². The SMILES string of the molecule is CC(=O)Nc1ccc(NC(=O)c2ccccc2SCC(=O)N2CCCC2)cc1. The van der Waals surface area contributed by atoms with Crippen molar-refractivity contribution in [2.24, 2.45) is 0 Å². The molecule has 0 unspecified atom stereocenters. The Morgan fingerprint density at radius 2 is 1.54 bits per heavy atom. The molecule has 2 aromatic carbocycles. The molecular formula is C21H23N3O3S. The maximum atomic E-state index is 12.7. The number of thioether (sulfide) groups is 1. The number of nitrogens with zero attached hydrogens (tertiary/aromatic N) is 1. The van der Waals surface area contributed by atoms with E-state index in [2.05, 4.69) is 10.6 Å². The first-order valence-corrected chi connectivity index (χ1v) is 10.2. The van der Waals surface area contributed by atoms with Crippen molar-refractivity contribution < 1.29 is 14.4 Å². The molecule has 28 heavy (non-hydrogen) atoms. The van der Waals surface area contributed by atoms with Crippen LogP contribution in [0.1, 0.15) is 30.1 Å². The number of hydrogen-bond donors (Lipinski definition) is 2. The fourth-order valence-electron chi connectivity index (χ4n) is 3.02. The minimum absolute atomic E-state index is 0.117. The summed E-state index contributed by atoms with van der Waals surface area (Å²) in [4.78, 5) is 38.7. The van der Waals surface area contributed by atoms with E-state index >= 15 is 0 Å². The van der Waals surface area contributed by atoms with Crippen LogP contribution in [0.5, 0.6) is 0 Å². The Labute approximate surface area is 168 Å². The van der Waals surface area contributed by atoms with Crippen LogP contribution in [0.25, 0.3) is 0 Å².